The van der Waals surface area contributed by atoms with E-state index in [1.54, 1.807) is 0 Å². The van der Waals surface area contributed by atoms with Gasteiger partial charge in [0.15, 0.2) is 0 Å². The molecule has 1 fully saturated rings. The lowest BCUT2D eigenvalue weighted by molar-refractivity contribution is -0.0710. The second-order valence-electron chi connectivity index (χ2n) is 4.72. The highest BCUT2D eigenvalue weighted by molar-refractivity contribution is 5.91. The first-order valence-corrected chi connectivity index (χ1v) is 6.05. The van der Waals surface area contributed by atoms with Crippen LogP contribution in [0.5, 0.6) is 0 Å². The minimum atomic E-state index is -0.608. The smallest absolute Gasteiger partial charge is 0.205 e. The molecule has 1 saturated carbocycles. The van der Waals surface area contributed by atoms with Gasteiger partial charge >= 0.3 is 0 Å². The van der Waals surface area contributed by atoms with Crippen LogP contribution in [0, 0.1) is 16.7 Å². The summed E-state index contributed by atoms with van der Waals surface area (Å²) in [5, 5.41) is 13.2. The average Bonchev–Trinajstić information content (AvgIpc) is 2.78. The summed E-state index contributed by atoms with van der Waals surface area (Å²) in [6.07, 6.45) is 3.17. The fourth-order valence-corrected chi connectivity index (χ4v) is 3.16. The van der Waals surface area contributed by atoms with Crippen LogP contribution in [0.25, 0.3) is 0 Å². The van der Waals surface area contributed by atoms with Crippen molar-refractivity contribution in [1.29, 1.82) is 5.26 Å². The maximum Gasteiger partial charge on any atom is 0.205 e. The topological polar surface area (TPSA) is 54.6 Å². The predicted octanol–water partition coefficient (Wildman–Crippen LogP) is 2.77. The molecule has 4 nitrogen and oxygen atoms in total. The fraction of sp³-hybridized carbons (Fsp3) is 0.692. The van der Waals surface area contributed by atoms with E-state index < -0.39 is 5.60 Å². The van der Waals surface area contributed by atoms with Crippen molar-refractivity contribution in [1.82, 2.24) is 0 Å². The number of fused-ring (bicyclic) bond motifs is 1. The van der Waals surface area contributed by atoms with E-state index in [4.69, 9.17) is 14.8 Å². The second-order valence-corrected chi connectivity index (χ2v) is 4.72. The summed E-state index contributed by atoms with van der Waals surface area (Å²) in [5.74, 6) is 0.619. The van der Waals surface area contributed by atoms with Crippen molar-refractivity contribution in [3.63, 3.8) is 0 Å². The van der Waals surface area contributed by atoms with E-state index in [0.29, 0.717) is 18.8 Å². The Morgan fingerprint density at radius 3 is 3.06 bits per heavy atom. The number of hydrogen-bond acceptors (Lipinski definition) is 4. The van der Waals surface area contributed by atoms with Gasteiger partial charge in [0.1, 0.15) is 5.76 Å². The molecule has 2 unspecified atom stereocenters. The van der Waals surface area contributed by atoms with E-state index in [9.17, 15) is 0 Å². The van der Waals surface area contributed by atoms with E-state index in [-0.39, 0.29) is 5.41 Å². The summed E-state index contributed by atoms with van der Waals surface area (Å²) in [6, 6.07) is 2.27. The molecule has 0 saturated heterocycles. The predicted molar refractivity (Wildman–Crippen MR) is 64.2 cm³/mol. The summed E-state index contributed by atoms with van der Waals surface area (Å²) in [6.45, 7) is 8.41. The van der Waals surface area contributed by atoms with E-state index >= 15 is 0 Å². The standard InChI is InChI=1S/C13H18N2O2/c1-4-16-11(3)13-7-5-6-12(13,8-9-14)10(2)15-17-13/h3-8H2,1-2H3. The van der Waals surface area contributed by atoms with Crippen LogP contribution in [-0.2, 0) is 9.57 Å². The van der Waals surface area contributed by atoms with Gasteiger partial charge in [-0.3, -0.25) is 0 Å². The van der Waals surface area contributed by atoms with Gasteiger partial charge in [0.2, 0.25) is 5.60 Å². The van der Waals surface area contributed by atoms with Gasteiger partial charge in [-0.15, -0.1) is 0 Å². The Bertz CT molecular complexity index is 410. The van der Waals surface area contributed by atoms with Crippen LogP contribution in [-0.4, -0.2) is 17.9 Å². The van der Waals surface area contributed by atoms with E-state index in [1.807, 2.05) is 13.8 Å². The van der Waals surface area contributed by atoms with Crippen molar-refractivity contribution in [3.8, 4) is 6.07 Å². The van der Waals surface area contributed by atoms with E-state index in [1.165, 1.54) is 0 Å². The zero-order valence-corrected chi connectivity index (χ0v) is 10.5. The number of oxime groups is 1. The molecule has 0 amide bonds. The molecule has 0 aromatic heterocycles. The monoisotopic (exact) mass is 234 g/mol. The first kappa shape index (κ1) is 12.0. The van der Waals surface area contributed by atoms with Crippen LogP contribution in [0.2, 0.25) is 0 Å². The molecule has 0 aromatic carbocycles. The number of nitrogens with zero attached hydrogens (tertiary/aromatic N) is 2. The Morgan fingerprint density at radius 2 is 2.41 bits per heavy atom. The number of hydrogen-bond donors (Lipinski definition) is 0. The summed E-state index contributed by atoms with van der Waals surface area (Å²) in [7, 11) is 0. The molecule has 1 aliphatic heterocycles. The molecule has 1 heterocycles. The molecule has 1 aliphatic carbocycles. The Labute approximate surface area is 102 Å². The number of ether oxygens (including phenoxy) is 1. The molecular weight excluding hydrogens is 216 g/mol. The van der Waals surface area contributed by atoms with Crippen LogP contribution in [0.3, 0.4) is 0 Å². The van der Waals surface area contributed by atoms with E-state index in [0.717, 1.165) is 25.0 Å². The lowest BCUT2D eigenvalue weighted by Crippen LogP contribution is -2.47. The van der Waals surface area contributed by atoms with Gasteiger partial charge in [-0.1, -0.05) is 11.7 Å². The fourth-order valence-electron chi connectivity index (χ4n) is 3.16. The molecule has 0 aromatic rings. The maximum atomic E-state index is 9.08. The normalized spacial score (nSPS) is 34.5. The zero-order valence-electron chi connectivity index (χ0n) is 10.5. The van der Waals surface area contributed by atoms with Crippen molar-refractivity contribution in [2.24, 2.45) is 10.6 Å². The molecular formula is C13H18N2O2. The van der Waals surface area contributed by atoms with Crippen LogP contribution in [0.1, 0.15) is 39.5 Å². The van der Waals surface area contributed by atoms with Gasteiger partial charge in [0.05, 0.1) is 30.2 Å². The Kier molecular flexibility index (Phi) is 2.86. The van der Waals surface area contributed by atoms with Gasteiger partial charge in [0.25, 0.3) is 0 Å². The summed E-state index contributed by atoms with van der Waals surface area (Å²) >= 11 is 0. The van der Waals surface area contributed by atoms with Crippen LogP contribution >= 0.6 is 0 Å². The summed E-state index contributed by atoms with van der Waals surface area (Å²) < 4.78 is 5.55. The van der Waals surface area contributed by atoms with Crippen LogP contribution < -0.4 is 0 Å². The van der Waals surface area contributed by atoms with Gasteiger partial charge in [-0.2, -0.15) is 5.26 Å². The minimum Gasteiger partial charge on any atom is -0.494 e. The molecule has 92 valence electrons. The van der Waals surface area contributed by atoms with E-state index in [2.05, 4.69) is 17.8 Å². The van der Waals surface area contributed by atoms with Crippen molar-refractivity contribution in [3.05, 3.63) is 12.3 Å². The molecule has 4 heteroatoms. The Hall–Kier alpha value is -1.50. The highest BCUT2D eigenvalue weighted by atomic mass is 16.7. The largest absolute Gasteiger partial charge is 0.494 e. The van der Waals surface area contributed by atoms with Crippen LogP contribution in [0.15, 0.2) is 17.5 Å². The quantitative estimate of drug-likeness (QED) is 0.703. The van der Waals surface area contributed by atoms with Gasteiger partial charge in [0, 0.05) is 0 Å². The third kappa shape index (κ3) is 1.38. The van der Waals surface area contributed by atoms with Gasteiger partial charge < -0.3 is 9.57 Å². The summed E-state index contributed by atoms with van der Waals surface area (Å²) in [5.41, 5.74) is -0.0333. The molecule has 2 atom stereocenters. The molecule has 0 bridgehead atoms. The highest BCUT2D eigenvalue weighted by Gasteiger charge is 2.65. The third-order valence-corrected chi connectivity index (χ3v) is 4.09. The maximum absolute atomic E-state index is 9.08. The molecule has 0 N–H and O–H groups in total. The van der Waals surface area contributed by atoms with Gasteiger partial charge in [-0.25, -0.2) is 0 Å². The molecule has 2 rings (SSSR count). The molecule has 2 aliphatic rings. The van der Waals surface area contributed by atoms with Crippen molar-refractivity contribution in [2.75, 3.05) is 6.61 Å². The lowest BCUT2D eigenvalue weighted by Gasteiger charge is -2.37. The SMILES string of the molecule is C=C(OCC)C12CCCC1(CC#N)C(C)=NO2. The molecule has 17 heavy (non-hydrogen) atoms. The highest BCUT2D eigenvalue weighted by Crippen LogP contribution is 2.58. The Morgan fingerprint density at radius 1 is 1.65 bits per heavy atom. The van der Waals surface area contributed by atoms with Crippen LogP contribution in [0.4, 0.5) is 0 Å². The summed E-state index contributed by atoms with van der Waals surface area (Å²) in [4.78, 5) is 5.66. The average molecular weight is 234 g/mol. The van der Waals surface area contributed by atoms with Crippen molar-refractivity contribution in [2.45, 2.75) is 45.1 Å². The minimum absolute atomic E-state index is 0.325. The second kappa shape index (κ2) is 4.06. The zero-order chi connectivity index (χ0) is 12.5. The Balaban J connectivity index is 2.40. The first-order valence-electron chi connectivity index (χ1n) is 6.05. The van der Waals surface area contributed by atoms with Crippen molar-refractivity contribution < 1.29 is 9.57 Å². The van der Waals surface area contributed by atoms with Crippen molar-refractivity contribution >= 4 is 5.71 Å². The first-order chi connectivity index (χ1) is 8.13. The lowest BCUT2D eigenvalue weighted by atomic mass is 9.69. The number of nitriles is 1. The molecule has 0 spiro atoms. The van der Waals surface area contributed by atoms with Gasteiger partial charge in [-0.05, 0) is 33.1 Å². The number of rotatable bonds is 4. The third-order valence-electron chi connectivity index (χ3n) is 4.09. The molecule has 0 radical (unpaired) electrons.